The van der Waals surface area contributed by atoms with Crippen LogP contribution in [0.5, 0.6) is 5.75 Å². The molecule has 0 aromatic heterocycles. The molecule has 1 aliphatic heterocycles. The number of ether oxygens (including phenoxy) is 2. The van der Waals surface area contributed by atoms with E-state index in [1.165, 1.54) is 0 Å². The van der Waals surface area contributed by atoms with Gasteiger partial charge in [0.25, 0.3) is 0 Å². The minimum Gasteiger partial charge on any atom is -0.496 e. The molecule has 1 aromatic carbocycles. The number of benzene rings is 1. The molecule has 21 heavy (non-hydrogen) atoms. The molecule has 1 fully saturated rings. The van der Waals surface area contributed by atoms with Crippen LogP contribution in [-0.4, -0.2) is 31.8 Å². The van der Waals surface area contributed by atoms with Gasteiger partial charge in [-0.3, -0.25) is 4.79 Å². The second-order valence-corrected chi connectivity index (χ2v) is 6.21. The van der Waals surface area contributed by atoms with Crippen LogP contribution in [0.1, 0.15) is 31.4 Å². The zero-order valence-corrected chi connectivity index (χ0v) is 13.9. The van der Waals surface area contributed by atoms with Crippen molar-refractivity contribution in [2.24, 2.45) is 5.73 Å². The normalized spacial score (nSPS) is 18.9. The van der Waals surface area contributed by atoms with E-state index in [1.54, 1.807) is 7.11 Å². The van der Waals surface area contributed by atoms with Crippen molar-refractivity contribution in [1.82, 2.24) is 5.32 Å². The van der Waals surface area contributed by atoms with Gasteiger partial charge in [-0.25, -0.2) is 0 Å². The molecule has 2 rings (SSSR count). The fraction of sp³-hybridized carbons (Fsp3) is 0.533. The largest absolute Gasteiger partial charge is 0.496 e. The van der Waals surface area contributed by atoms with Crippen LogP contribution in [0.3, 0.4) is 0 Å². The van der Waals surface area contributed by atoms with Crippen LogP contribution in [-0.2, 0) is 9.53 Å². The Labute approximate surface area is 133 Å². The molecular weight excluding hydrogens is 336 g/mol. The Kier molecular flexibility index (Phi) is 5.24. The molecule has 1 aliphatic rings. The quantitative estimate of drug-likeness (QED) is 0.866. The van der Waals surface area contributed by atoms with Crippen LogP contribution in [0, 0.1) is 0 Å². The number of carbonyl (C=O) groups is 1. The Bertz CT molecular complexity index is 516. The van der Waals surface area contributed by atoms with Gasteiger partial charge >= 0.3 is 0 Å². The predicted octanol–water partition coefficient (Wildman–Crippen LogP) is 2.14. The third kappa shape index (κ3) is 3.75. The van der Waals surface area contributed by atoms with E-state index >= 15 is 0 Å². The molecule has 0 radical (unpaired) electrons. The van der Waals surface area contributed by atoms with Crippen molar-refractivity contribution in [2.45, 2.75) is 31.3 Å². The minimum absolute atomic E-state index is 0.120. The summed E-state index contributed by atoms with van der Waals surface area (Å²) in [7, 11) is 1.62. The van der Waals surface area contributed by atoms with Crippen molar-refractivity contribution in [3.63, 3.8) is 0 Å². The van der Waals surface area contributed by atoms with Gasteiger partial charge in [0.1, 0.15) is 5.75 Å². The van der Waals surface area contributed by atoms with Crippen LogP contribution >= 0.6 is 15.9 Å². The van der Waals surface area contributed by atoms with Gasteiger partial charge in [-0.2, -0.15) is 0 Å². The third-order valence-electron chi connectivity index (χ3n) is 3.86. The van der Waals surface area contributed by atoms with Gasteiger partial charge in [0, 0.05) is 13.2 Å². The molecule has 116 valence electrons. The average Bonchev–Trinajstić information content (AvgIpc) is 2.47. The molecule has 1 amide bonds. The molecule has 5 nitrogen and oxygen atoms in total. The summed E-state index contributed by atoms with van der Waals surface area (Å²) in [5.41, 5.74) is 6.35. The lowest BCUT2D eigenvalue weighted by Gasteiger charge is -2.33. The number of hydrogen-bond acceptors (Lipinski definition) is 4. The van der Waals surface area contributed by atoms with E-state index in [0.29, 0.717) is 26.1 Å². The van der Waals surface area contributed by atoms with Crippen LogP contribution in [0.15, 0.2) is 22.7 Å². The fourth-order valence-electron chi connectivity index (χ4n) is 2.34. The van der Waals surface area contributed by atoms with E-state index < -0.39 is 5.54 Å². The van der Waals surface area contributed by atoms with Gasteiger partial charge in [-0.15, -0.1) is 0 Å². The maximum Gasteiger partial charge on any atom is 0.240 e. The Hall–Kier alpha value is -1.11. The number of rotatable bonds is 4. The standard InChI is InChI=1S/C15H21BrN2O3/c1-10(11-3-4-13(20-2)12(16)9-11)18-14(19)15(17)5-7-21-8-6-15/h3-4,9-10H,5-8,17H2,1-2H3,(H,18,19). The number of nitrogens with one attached hydrogen (secondary N) is 1. The lowest BCUT2D eigenvalue weighted by Crippen LogP contribution is -2.57. The van der Waals surface area contributed by atoms with Crippen molar-refractivity contribution >= 4 is 21.8 Å². The minimum atomic E-state index is -0.823. The highest BCUT2D eigenvalue weighted by Gasteiger charge is 2.36. The molecule has 3 N–H and O–H groups in total. The zero-order valence-electron chi connectivity index (χ0n) is 12.3. The number of hydrogen-bond donors (Lipinski definition) is 2. The molecule has 0 bridgehead atoms. The number of halogens is 1. The first-order chi connectivity index (χ1) is 9.96. The first kappa shape index (κ1) is 16.3. The Morgan fingerprint density at radius 2 is 2.14 bits per heavy atom. The van der Waals surface area contributed by atoms with Gasteiger partial charge < -0.3 is 20.5 Å². The molecule has 0 spiro atoms. The van der Waals surface area contributed by atoms with Crippen molar-refractivity contribution < 1.29 is 14.3 Å². The van der Waals surface area contributed by atoms with E-state index in [4.69, 9.17) is 15.2 Å². The van der Waals surface area contributed by atoms with Gasteiger partial charge in [0.15, 0.2) is 0 Å². The molecular formula is C15H21BrN2O3. The van der Waals surface area contributed by atoms with E-state index in [1.807, 2.05) is 25.1 Å². The summed E-state index contributed by atoms with van der Waals surface area (Å²) < 4.78 is 11.3. The third-order valence-corrected chi connectivity index (χ3v) is 4.48. The highest BCUT2D eigenvalue weighted by Crippen LogP contribution is 2.28. The number of carbonyl (C=O) groups excluding carboxylic acids is 1. The fourth-order valence-corrected chi connectivity index (χ4v) is 2.90. The second kappa shape index (κ2) is 6.77. The lowest BCUT2D eigenvalue weighted by molar-refractivity contribution is -0.130. The van der Waals surface area contributed by atoms with Gasteiger partial charge in [-0.1, -0.05) is 6.07 Å². The van der Waals surface area contributed by atoms with E-state index in [2.05, 4.69) is 21.2 Å². The summed E-state index contributed by atoms with van der Waals surface area (Å²) in [6.07, 6.45) is 1.11. The van der Waals surface area contributed by atoms with E-state index in [0.717, 1.165) is 15.8 Å². The summed E-state index contributed by atoms with van der Waals surface area (Å²) in [5, 5.41) is 2.99. The Morgan fingerprint density at radius 1 is 1.48 bits per heavy atom. The summed E-state index contributed by atoms with van der Waals surface area (Å²) in [4.78, 5) is 12.4. The van der Waals surface area contributed by atoms with Crippen molar-refractivity contribution in [3.05, 3.63) is 28.2 Å². The highest BCUT2D eigenvalue weighted by molar-refractivity contribution is 9.10. The van der Waals surface area contributed by atoms with E-state index in [9.17, 15) is 4.79 Å². The number of nitrogens with two attached hydrogens (primary N) is 1. The smallest absolute Gasteiger partial charge is 0.240 e. The van der Waals surface area contributed by atoms with Gasteiger partial charge in [0.2, 0.25) is 5.91 Å². The van der Waals surface area contributed by atoms with Crippen LogP contribution in [0.25, 0.3) is 0 Å². The topological polar surface area (TPSA) is 73.6 Å². The van der Waals surface area contributed by atoms with E-state index in [-0.39, 0.29) is 11.9 Å². The van der Waals surface area contributed by atoms with Crippen molar-refractivity contribution in [1.29, 1.82) is 0 Å². The summed E-state index contributed by atoms with van der Waals surface area (Å²) in [6, 6.07) is 5.62. The molecule has 1 aromatic rings. The van der Waals surface area contributed by atoms with Crippen LogP contribution in [0.2, 0.25) is 0 Å². The Balaban J connectivity index is 2.05. The van der Waals surface area contributed by atoms with Crippen molar-refractivity contribution in [2.75, 3.05) is 20.3 Å². The Morgan fingerprint density at radius 3 is 2.71 bits per heavy atom. The molecule has 1 saturated heterocycles. The summed E-state index contributed by atoms with van der Waals surface area (Å²) >= 11 is 3.45. The SMILES string of the molecule is COc1ccc(C(C)NC(=O)C2(N)CCOCC2)cc1Br. The van der Waals surface area contributed by atoms with Crippen molar-refractivity contribution in [3.8, 4) is 5.75 Å². The zero-order chi connectivity index (χ0) is 15.5. The maximum atomic E-state index is 12.4. The van der Waals surface area contributed by atoms with Gasteiger partial charge in [-0.05, 0) is 53.4 Å². The monoisotopic (exact) mass is 356 g/mol. The highest BCUT2D eigenvalue weighted by atomic mass is 79.9. The number of amides is 1. The molecule has 1 unspecified atom stereocenters. The van der Waals surface area contributed by atoms with Gasteiger partial charge in [0.05, 0.1) is 23.2 Å². The maximum absolute atomic E-state index is 12.4. The first-order valence-corrected chi connectivity index (χ1v) is 7.76. The molecule has 1 heterocycles. The van der Waals surface area contributed by atoms with Crippen LogP contribution < -0.4 is 15.8 Å². The predicted molar refractivity (Wildman–Crippen MR) is 84.2 cm³/mol. The van der Waals surface area contributed by atoms with Crippen LogP contribution in [0.4, 0.5) is 0 Å². The number of methoxy groups -OCH3 is 1. The average molecular weight is 357 g/mol. The molecule has 6 heteroatoms. The molecule has 0 saturated carbocycles. The second-order valence-electron chi connectivity index (χ2n) is 5.36. The molecule has 0 aliphatic carbocycles. The molecule has 1 atom stereocenters. The summed E-state index contributed by atoms with van der Waals surface area (Å²) in [5.74, 6) is 0.641. The summed E-state index contributed by atoms with van der Waals surface area (Å²) in [6.45, 7) is 3.01. The first-order valence-electron chi connectivity index (χ1n) is 6.97. The lowest BCUT2D eigenvalue weighted by atomic mass is 9.90.